The molecule has 2 aromatic rings. The number of hydrogen-bond donors (Lipinski definition) is 1. The van der Waals surface area contributed by atoms with Crippen LogP contribution < -0.4 is 5.56 Å². The number of hydrogen-bond acceptors (Lipinski definition) is 4. The van der Waals surface area contributed by atoms with Gasteiger partial charge in [-0.2, -0.15) is 0 Å². The van der Waals surface area contributed by atoms with Crippen molar-refractivity contribution in [3.63, 3.8) is 0 Å². The SMILES string of the molecule is CC(O)CCN(C)Cc1nc2ccccc2c(=O)n1C. The van der Waals surface area contributed by atoms with Gasteiger partial charge in [0.25, 0.3) is 5.56 Å². The lowest BCUT2D eigenvalue weighted by molar-refractivity contribution is 0.161. The molecule has 1 unspecified atom stereocenters. The van der Waals surface area contributed by atoms with Crippen molar-refractivity contribution in [1.29, 1.82) is 0 Å². The molecule has 1 aromatic heterocycles. The fourth-order valence-corrected chi connectivity index (χ4v) is 2.13. The van der Waals surface area contributed by atoms with Gasteiger partial charge < -0.3 is 5.11 Å². The van der Waals surface area contributed by atoms with Gasteiger partial charge in [-0.3, -0.25) is 14.3 Å². The van der Waals surface area contributed by atoms with Crippen molar-refractivity contribution < 1.29 is 5.11 Å². The average molecular weight is 275 g/mol. The second-order valence-corrected chi connectivity index (χ2v) is 5.28. The van der Waals surface area contributed by atoms with Crippen molar-refractivity contribution in [3.8, 4) is 0 Å². The molecular weight excluding hydrogens is 254 g/mol. The molecular formula is C15H21N3O2. The quantitative estimate of drug-likeness (QED) is 0.889. The molecule has 0 bridgehead atoms. The Hall–Kier alpha value is -1.72. The number of fused-ring (bicyclic) bond motifs is 1. The number of aliphatic hydroxyl groups excluding tert-OH is 1. The summed E-state index contributed by atoms with van der Waals surface area (Å²) in [6.07, 6.45) is 0.392. The van der Waals surface area contributed by atoms with Gasteiger partial charge in [0.15, 0.2) is 0 Å². The third-order valence-electron chi connectivity index (χ3n) is 3.42. The summed E-state index contributed by atoms with van der Waals surface area (Å²) in [5, 5.41) is 9.95. The van der Waals surface area contributed by atoms with Crippen LogP contribution in [0, 0.1) is 0 Å². The molecule has 0 aliphatic heterocycles. The second kappa shape index (κ2) is 6.15. The van der Waals surface area contributed by atoms with E-state index in [1.807, 2.05) is 25.2 Å². The zero-order valence-electron chi connectivity index (χ0n) is 12.2. The van der Waals surface area contributed by atoms with Crippen molar-refractivity contribution in [3.05, 3.63) is 40.4 Å². The molecule has 0 spiro atoms. The summed E-state index contributed by atoms with van der Waals surface area (Å²) in [6.45, 7) is 3.13. The first kappa shape index (κ1) is 14.7. The Kier molecular flexibility index (Phi) is 4.52. The van der Waals surface area contributed by atoms with Crippen LogP contribution in [0.3, 0.4) is 0 Å². The van der Waals surface area contributed by atoms with Crippen molar-refractivity contribution >= 4 is 10.9 Å². The summed E-state index contributed by atoms with van der Waals surface area (Å²) in [5.74, 6) is 0.738. The van der Waals surface area contributed by atoms with Crippen LogP contribution in [0.2, 0.25) is 0 Å². The first-order valence-electron chi connectivity index (χ1n) is 6.80. The molecule has 0 amide bonds. The molecule has 1 N–H and O–H groups in total. The molecule has 1 heterocycles. The molecule has 1 atom stereocenters. The maximum atomic E-state index is 12.3. The number of para-hydroxylation sites is 1. The Labute approximate surface area is 118 Å². The van der Waals surface area contributed by atoms with Gasteiger partial charge in [0.1, 0.15) is 5.82 Å². The average Bonchev–Trinajstić information content (AvgIpc) is 2.42. The molecule has 108 valence electrons. The van der Waals surface area contributed by atoms with E-state index in [1.165, 1.54) is 0 Å². The van der Waals surface area contributed by atoms with Crippen LogP contribution in [0.5, 0.6) is 0 Å². The lowest BCUT2D eigenvalue weighted by atomic mass is 10.2. The number of rotatable bonds is 5. The van der Waals surface area contributed by atoms with Crippen LogP contribution in [-0.4, -0.2) is 39.3 Å². The minimum absolute atomic E-state index is 0.0190. The van der Waals surface area contributed by atoms with Crippen molar-refractivity contribution in [2.24, 2.45) is 7.05 Å². The summed E-state index contributed by atoms with van der Waals surface area (Å²) in [7, 11) is 3.71. The van der Waals surface area contributed by atoms with Crippen LogP contribution in [0.1, 0.15) is 19.2 Å². The van der Waals surface area contributed by atoms with E-state index >= 15 is 0 Å². The van der Waals surface area contributed by atoms with Gasteiger partial charge in [0, 0.05) is 13.6 Å². The van der Waals surface area contributed by atoms with Crippen LogP contribution in [0.4, 0.5) is 0 Å². The Bertz CT molecular complexity index is 649. The summed E-state index contributed by atoms with van der Waals surface area (Å²) < 4.78 is 1.60. The highest BCUT2D eigenvalue weighted by atomic mass is 16.3. The van der Waals surface area contributed by atoms with Crippen molar-refractivity contribution in [2.75, 3.05) is 13.6 Å². The zero-order chi connectivity index (χ0) is 14.7. The molecule has 1 aromatic carbocycles. The maximum absolute atomic E-state index is 12.3. The molecule has 0 saturated heterocycles. The summed E-state index contributed by atoms with van der Waals surface area (Å²) in [4.78, 5) is 18.9. The summed E-state index contributed by atoms with van der Waals surface area (Å²) >= 11 is 0. The molecule has 0 aliphatic rings. The Balaban J connectivity index is 2.26. The van der Waals surface area contributed by atoms with Gasteiger partial charge in [-0.05, 0) is 32.5 Å². The van der Waals surface area contributed by atoms with E-state index < -0.39 is 0 Å². The fraction of sp³-hybridized carbons (Fsp3) is 0.467. The van der Waals surface area contributed by atoms with E-state index in [9.17, 15) is 9.90 Å². The molecule has 0 saturated carbocycles. The molecule has 20 heavy (non-hydrogen) atoms. The van der Waals surface area contributed by atoms with E-state index in [1.54, 1.807) is 24.6 Å². The number of benzene rings is 1. The third-order valence-corrected chi connectivity index (χ3v) is 3.42. The van der Waals surface area contributed by atoms with E-state index in [-0.39, 0.29) is 11.7 Å². The highest BCUT2D eigenvalue weighted by molar-refractivity contribution is 5.77. The zero-order valence-corrected chi connectivity index (χ0v) is 12.2. The highest BCUT2D eigenvalue weighted by Crippen LogP contribution is 2.08. The number of aliphatic hydroxyl groups is 1. The normalized spacial score (nSPS) is 13.1. The molecule has 5 heteroatoms. The fourth-order valence-electron chi connectivity index (χ4n) is 2.13. The largest absolute Gasteiger partial charge is 0.393 e. The van der Waals surface area contributed by atoms with Crippen molar-refractivity contribution in [1.82, 2.24) is 14.5 Å². The van der Waals surface area contributed by atoms with Gasteiger partial charge in [-0.15, -0.1) is 0 Å². The molecule has 0 radical (unpaired) electrons. The van der Waals surface area contributed by atoms with E-state index in [2.05, 4.69) is 9.88 Å². The highest BCUT2D eigenvalue weighted by Gasteiger charge is 2.10. The topological polar surface area (TPSA) is 58.4 Å². The van der Waals surface area contributed by atoms with Crippen LogP contribution in [-0.2, 0) is 13.6 Å². The monoisotopic (exact) mass is 275 g/mol. The third kappa shape index (κ3) is 3.23. The lowest BCUT2D eigenvalue weighted by Gasteiger charge is -2.18. The van der Waals surface area contributed by atoms with Crippen LogP contribution in [0.15, 0.2) is 29.1 Å². The maximum Gasteiger partial charge on any atom is 0.261 e. The van der Waals surface area contributed by atoms with Gasteiger partial charge in [-0.1, -0.05) is 12.1 Å². The van der Waals surface area contributed by atoms with E-state index in [0.717, 1.165) is 17.9 Å². The smallest absolute Gasteiger partial charge is 0.261 e. The minimum atomic E-state index is -0.314. The Morgan fingerprint density at radius 3 is 2.80 bits per heavy atom. The predicted molar refractivity (Wildman–Crippen MR) is 79.6 cm³/mol. The standard InChI is InChI=1S/C15H21N3O2/c1-11(19)8-9-17(2)10-14-16-13-7-5-4-6-12(13)15(20)18(14)3/h4-7,11,19H,8-10H2,1-3H3. The van der Waals surface area contributed by atoms with Gasteiger partial charge in [0.2, 0.25) is 0 Å². The number of nitrogens with zero attached hydrogens (tertiary/aromatic N) is 3. The Morgan fingerprint density at radius 2 is 2.10 bits per heavy atom. The first-order chi connectivity index (χ1) is 9.49. The van der Waals surface area contributed by atoms with Crippen LogP contribution in [0.25, 0.3) is 10.9 Å². The van der Waals surface area contributed by atoms with Gasteiger partial charge >= 0.3 is 0 Å². The predicted octanol–water partition coefficient (Wildman–Crippen LogP) is 1.14. The molecule has 0 aliphatic carbocycles. The minimum Gasteiger partial charge on any atom is -0.393 e. The van der Waals surface area contributed by atoms with Crippen molar-refractivity contribution in [2.45, 2.75) is 26.0 Å². The number of aromatic nitrogens is 2. The summed E-state index contributed by atoms with van der Waals surface area (Å²) in [6, 6.07) is 7.39. The molecule has 0 fully saturated rings. The van der Waals surface area contributed by atoms with Gasteiger partial charge in [0.05, 0.1) is 23.6 Å². The summed E-state index contributed by atoms with van der Waals surface area (Å²) in [5.41, 5.74) is 0.712. The molecule has 2 rings (SSSR count). The van der Waals surface area contributed by atoms with E-state index in [0.29, 0.717) is 18.4 Å². The van der Waals surface area contributed by atoms with Gasteiger partial charge in [-0.25, -0.2) is 4.98 Å². The lowest BCUT2D eigenvalue weighted by Crippen LogP contribution is -2.29. The second-order valence-electron chi connectivity index (χ2n) is 5.28. The van der Waals surface area contributed by atoms with Crippen LogP contribution >= 0.6 is 0 Å². The van der Waals surface area contributed by atoms with E-state index in [4.69, 9.17) is 0 Å². The first-order valence-corrected chi connectivity index (χ1v) is 6.80. The molecule has 5 nitrogen and oxygen atoms in total. The Morgan fingerprint density at radius 1 is 1.40 bits per heavy atom.